The number of nitrogens with one attached hydrogen (secondary N) is 2. The quantitative estimate of drug-likeness (QED) is 0.287. The number of nitrogens with zero attached hydrogens (tertiary/aromatic N) is 2. The molecule has 0 aliphatic carbocycles. The summed E-state index contributed by atoms with van der Waals surface area (Å²) in [6, 6.07) is 15.6. The van der Waals surface area contributed by atoms with E-state index in [1.165, 1.54) is 11.8 Å². The average molecular weight is 420 g/mol. The van der Waals surface area contributed by atoms with E-state index in [1.807, 2.05) is 42.5 Å². The van der Waals surface area contributed by atoms with Gasteiger partial charge >= 0.3 is 5.97 Å². The molecule has 0 aliphatic heterocycles. The van der Waals surface area contributed by atoms with Crippen molar-refractivity contribution in [2.45, 2.75) is 19.8 Å². The van der Waals surface area contributed by atoms with Gasteiger partial charge in [0.05, 0.1) is 10.2 Å². The van der Waals surface area contributed by atoms with Crippen LogP contribution in [0.4, 0.5) is 5.69 Å². The molecule has 0 spiro atoms. The summed E-state index contributed by atoms with van der Waals surface area (Å²) in [6.07, 6.45) is 1.60. The fourth-order valence-corrected chi connectivity index (χ4v) is 3.77. The fraction of sp³-hybridized carbons (Fsp3) is 0.182. The number of aliphatic carboxylic acids is 1. The van der Waals surface area contributed by atoms with Gasteiger partial charge in [-0.25, -0.2) is 4.98 Å². The minimum Gasteiger partial charge on any atom is -0.481 e. The first-order chi connectivity index (χ1) is 14.5. The van der Waals surface area contributed by atoms with E-state index in [9.17, 15) is 14.9 Å². The third-order valence-electron chi connectivity index (χ3n) is 4.28. The molecule has 0 atom stereocenters. The van der Waals surface area contributed by atoms with Gasteiger partial charge in [-0.3, -0.25) is 9.59 Å². The Hall–Kier alpha value is -3.70. The number of thiazole rings is 1. The molecular weight excluding hydrogens is 400 g/mol. The van der Waals surface area contributed by atoms with Gasteiger partial charge in [-0.2, -0.15) is 5.26 Å². The molecule has 0 aliphatic rings. The molecule has 3 rings (SSSR count). The molecular formula is C22H20N4O3S. The zero-order valence-corrected chi connectivity index (χ0v) is 17.1. The average Bonchev–Trinajstić information content (AvgIpc) is 3.15. The zero-order chi connectivity index (χ0) is 21.5. The first-order valence-corrected chi connectivity index (χ1v) is 10.1. The maximum atomic E-state index is 12.0. The van der Waals surface area contributed by atoms with Gasteiger partial charge in [-0.05, 0) is 55.3 Å². The van der Waals surface area contributed by atoms with Crippen LogP contribution in [0.25, 0.3) is 20.8 Å². The van der Waals surface area contributed by atoms with Crippen molar-refractivity contribution in [1.82, 2.24) is 10.3 Å². The zero-order valence-electron chi connectivity index (χ0n) is 16.3. The lowest BCUT2D eigenvalue weighted by atomic mass is 10.2. The van der Waals surface area contributed by atoms with Gasteiger partial charge in [0, 0.05) is 30.4 Å². The Balaban J connectivity index is 1.63. The number of carbonyl (C=O) groups is 2. The smallest absolute Gasteiger partial charge is 0.303 e. The van der Waals surface area contributed by atoms with Crippen molar-refractivity contribution in [3.05, 3.63) is 59.8 Å². The lowest BCUT2D eigenvalue weighted by Crippen LogP contribution is -2.26. The standard InChI is InChI=1S/C22H20N4O3S/c1-14-4-9-18-19(11-14)30-22(26-18)15-5-7-17(8-6-15)25-13-16(12-23)21(29)24-10-2-3-20(27)28/h4-9,11,13,25H,2-3,10H2,1H3,(H,24,29)(H,27,28)/b16-13-. The number of carboxylic acid groups (broad SMARTS) is 1. The van der Waals surface area contributed by atoms with E-state index in [0.717, 1.165) is 26.5 Å². The van der Waals surface area contributed by atoms with Gasteiger partial charge in [0.15, 0.2) is 0 Å². The molecule has 152 valence electrons. The van der Waals surface area contributed by atoms with Gasteiger partial charge in [0.1, 0.15) is 16.6 Å². The first-order valence-electron chi connectivity index (χ1n) is 9.30. The fourth-order valence-electron chi connectivity index (χ4n) is 2.71. The molecule has 1 aromatic heterocycles. The van der Waals surface area contributed by atoms with Crippen LogP contribution in [-0.2, 0) is 9.59 Å². The van der Waals surface area contributed by atoms with E-state index >= 15 is 0 Å². The predicted molar refractivity (Wildman–Crippen MR) is 117 cm³/mol. The van der Waals surface area contributed by atoms with Gasteiger partial charge < -0.3 is 15.7 Å². The van der Waals surface area contributed by atoms with E-state index in [2.05, 4.69) is 28.6 Å². The van der Waals surface area contributed by atoms with Gasteiger partial charge in [0.25, 0.3) is 5.91 Å². The van der Waals surface area contributed by atoms with E-state index in [4.69, 9.17) is 5.11 Å². The van der Waals surface area contributed by atoms with Gasteiger partial charge in [0.2, 0.25) is 0 Å². The molecule has 1 heterocycles. The van der Waals surface area contributed by atoms with Gasteiger partial charge in [-0.1, -0.05) is 6.07 Å². The van der Waals surface area contributed by atoms with Crippen molar-refractivity contribution < 1.29 is 14.7 Å². The molecule has 2 aromatic carbocycles. The number of amides is 1. The number of carboxylic acids is 1. The maximum absolute atomic E-state index is 12.0. The minimum atomic E-state index is -0.925. The molecule has 3 aromatic rings. The molecule has 3 N–H and O–H groups in total. The Labute approximate surface area is 177 Å². The van der Waals surface area contributed by atoms with Crippen molar-refractivity contribution >= 4 is 39.1 Å². The monoisotopic (exact) mass is 420 g/mol. The van der Waals surface area contributed by atoms with Crippen molar-refractivity contribution in [1.29, 1.82) is 5.26 Å². The van der Waals surface area contributed by atoms with E-state index in [0.29, 0.717) is 6.42 Å². The number of fused-ring (bicyclic) bond motifs is 1. The Morgan fingerprint density at radius 1 is 1.23 bits per heavy atom. The van der Waals surface area contributed by atoms with E-state index in [-0.39, 0.29) is 18.5 Å². The number of nitriles is 1. The van der Waals surface area contributed by atoms with Crippen LogP contribution in [0.15, 0.2) is 54.2 Å². The molecule has 0 fully saturated rings. The van der Waals surface area contributed by atoms with Crippen molar-refractivity contribution in [3.63, 3.8) is 0 Å². The Kier molecular flexibility index (Phi) is 6.78. The summed E-state index contributed by atoms with van der Waals surface area (Å²) in [5.74, 6) is -1.47. The Morgan fingerprint density at radius 2 is 2.00 bits per heavy atom. The molecule has 0 saturated heterocycles. The van der Waals surface area contributed by atoms with E-state index < -0.39 is 11.9 Å². The van der Waals surface area contributed by atoms with Gasteiger partial charge in [-0.15, -0.1) is 11.3 Å². The number of rotatable bonds is 8. The summed E-state index contributed by atoms with van der Waals surface area (Å²) in [4.78, 5) is 27.1. The topological polar surface area (TPSA) is 115 Å². The highest BCUT2D eigenvalue weighted by Crippen LogP contribution is 2.31. The van der Waals surface area contributed by atoms with E-state index in [1.54, 1.807) is 11.3 Å². The Bertz CT molecular complexity index is 1140. The SMILES string of the molecule is Cc1ccc2nc(-c3ccc(N/C=C(/C#N)C(=O)NCCCC(=O)O)cc3)sc2c1. The lowest BCUT2D eigenvalue weighted by Gasteiger charge is -2.05. The number of hydrogen-bond acceptors (Lipinski definition) is 6. The normalized spacial score (nSPS) is 11.1. The van der Waals surface area contributed by atoms with Crippen LogP contribution >= 0.6 is 11.3 Å². The third-order valence-corrected chi connectivity index (χ3v) is 5.34. The molecule has 0 saturated carbocycles. The van der Waals surface area contributed by atoms with Crippen LogP contribution in [0, 0.1) is 18.3 Å². The molecule has 30 heavy (non-hydrogen) atoms. The molecule has 1 amide bonds. The molecule has 0 unspecified atom stereocenters. The number of hydrogen-bond donors (Lipinski definition) is 3. The number of aromatic nitrogens is 1. The Morgan fingerprint density at radius 3 is 2.70 bits per heavy atom. The number of benzene rings is 2. The van der Waals surface area contributed by atoms with Crippen LogP contribution in [0.3, 0.4) is 0 Å². The van der Waals surface area contributed by atoms with Crippen LogP contribution in [0.5, 0.6) is 0 Å². The van der Waals surface area contributed by atoms with Crippen molar-refractivity contribution in [2.75, 3.05) is 11.9 Å². The second kappa shape index (κ2) is 9.67. The minimum absolute atomic E-state index is 0.0370. The largest absolute Gasteiger partial charge is 0.481 e. The highest BCUT2D eigenvalue weighted by molar-refractivity contribution is 7.21. The summed E-state index contributed by atoms with van der Waals surface area (Å²) in [7, 11) is 0. The van der Waals surface area contributed by atoms with Crippen molar-refractivity contribution in [3.8, 4) is 16.6 Å². The number of aryl methyl sites for hydroxylation is 1. The highest BCUT2D eigenvalue weighted by Gasteiger charge is 2.09. The molecule has 0 radical (unpaired) electrons. The molecule has 0 bridgehead atoms. The van der Waals surface area contributed by atoms with Crippen molar-refractivity contribution in [2.24, 2.45) is 0 Å². The number of carbonyl (C=O) groups excluding carboxylic acids is 1. The maximum Gasteiger partial charge on any atom is 0.303 e. The predicted octanol–water partition coefficient (Wildman–Crippen LogP) is 4.07. The molecule has 8 heteroatoms. The van der Waals surface area contributed by atoms with Crippen LogP contribution in [-0.4, -0.2) is 28.5 Å². The lowest BCUT2D eigenvalue weighted by molar-refractivity contribution is -0.137. The highest BCUT2D eigenvalue weighted by atomic mass is 32.1. The summed E-state index contributed by atoms with van der Waals surface area (Å²) in [5, 5.41) is 24.2. The molecule has 7 nitrogen and oxygen atoms in total. The second-order valence-electron chi connectivity index (χ2n) is 6.63. The first kappa shape index (κ1) is 21.0. The summed E-state index contributed by atoms with van der Waals surface area (Å²) >= 11 is 1.63. The summed E-state index contributed by atoms with van der Waals surface area (Å²) < 4.78 is 1.14. The number of anilines is 1. The van der Waals surface area contributed by atoms with Crippen LogP contribution < -0.4 is 10.6 Å². The third kappa shape index (κ3) is 5.43. The summed E-state index contributed by atoms with van der Waals surface area (Å²) in [5.41, 5.74) is 3.79. The second-order valence-corrected chi connectivity index (χ2v) is 7.67. The van der Waals surface area contributed by atoms with Crippen LogP contribution in [0.1, 0.15) is 18.4 Å². The van der Waals surface area contributed by atoms with Crippen LogP contribution in [0.2, 0.25) is 0 Å². The summed E-state index contributed by atoms with van der Waals surface area (Å²) in [6.45, 7) is 2.25.